The predicted octanol–water partition coefficient (Wildman–Crippen LogP) is 2.54. The van der Waals surface area contributed by atoms with Gasteiger partial charge in [0.2, 0.25) is 0 Å². The van der Waals surface area contributed by atoms with Gasteiger partial charge in [0.15, 0.2) is 11.6 Å². The van der Waals surface area contributed by atoms with Crippen LogP contribution in [-0.2, 0) is 0 Å². The first-order valence-electron chi connectivity index (χ1n) is 6.74. The Morgan fingerprint density at radius 3 is 2.42 bits per heavy atom. The van der Waals surface area contributed by atoms with E-state index in [0.29, 0.717) is 28.7 Å². The normalized spacial score (nSPS) is 26.2. The standard InChI is InChI=1S/C16H16O3/c1-2-9-7-8-12-13(14(9)17)16(19)11-6-4-3-5-10(11)15(12)18/h3-6,9,14,17H,2,7-8H2,1H3. The SMILES string of the molecule is CCC1CCC2=C(C(=O)c3ccccc3C2=O)C1O. The van der Waals surface area contributed by atoms with Crippen molar-refractivity contribution >= 4 is 11.6 Å². The first kappa shape index (κ1) is 12.3. The van der Waals surface area contributed by atoms with E-state index in [0.717, 1.165) is 12.8 Å². The number of carbonyl (C=O) groups excluding carboxylic acids is 2. The van der Waals surface area contributed by atoms with Crippen molar-refractivity contribution < 1.29 is 14.7 Å². The molecule has 2 aliphatic rings. The number of aliphatic hydroxyl groups is 1. The predicted molar refractivity (Wildman–Crippen MR) is 71.2 cm³/mol. The summed E-state index contributed by atoms with van der Waals surface area (Å²) in [4.78, 5) is 24.9. The van der Waals surface area contributed by atoms with Crippen molar-refractivity contribution in [2.45, 2.75) is 32.3 Å². The third-order valence-corrected chi connectivity index (χ3v) is 4.29. The van der Waals surface area contributed by atoms with Crippen LogP contribution in [0.15, 0.2) is 35.4 Å². The van der Waals surface area contributed by atoms with Crippen LogP contribution < -0.4 is 0 Å². The van der Waals surface area contributed by atoms with Gasteiger partial charge < -0.3 is 5.11 Å². The molecule has 0 spiro atoms. The Morgan fingerprint density at radius 2 is 1.79 bits per heavy atom. The van der Waals surface area contributed by atoms with E-state index in [9.17, 15) is 14.7 Å². The van der Waals surface area contributed by atoms with Gasteiger partial charge in [-0.05, 0) is 18.8 Å². The number of carbonyl (C=O) groups is 2. The molecule has 3 nitrogen and oxygen atoms in total. The molecule has 0 aromatic heterocycles. The summed E-state index contributed by atoms with van der Waals surface area (Å²) in [5.41, 5.74) is 1.79. The van der Waals surface area contributed by atoms with Gasteiger partial charge >= 0.3 is 0 Å². The minimum atomic E-state index is -0.793. The molecule has 2 aliphatic carbocycles. The fourth-order valence-electron chi connectivity index (χ4n) is 3.16. The zero-order valence-electron chi connectivity index (χ0n) is 10.8. The summed E-state index contributed by atoms with van der Waals surface area (Å²) in [7, 11) is 0. The maximum atomic E-state index is 12.5. The maximum absolute atomic E-state index is 12.5. The lowest BCUT2D eigenvalue weighted by Gasteiger charge is -2.33. The van der Waals surface area contributed by atoms with Crippen LogP contribution >= 0.6 is 0 Å². The van der Waals surface area contributed by atoms with E-state index < -0.39 is 6.10 Å². The Morgan fingerprint density at radius 1 is 1.16 bits per heavy atom. The highest BCUT2D eigenvalue weighted by Gasteiger charge is 2.40. The number of aliphatic hydroxyl groups excluding tert-OH is 1. The van der Waals surface area contributed by atoms with Gasteiger partial charge in [-0.1, -0.05) is 37.6 Å². The molecule has 1 aromatic carbocycles. The van der Waals surface area contributed by atoms with E-state index in [-0.39, 0.29) is 17.5 Å². The molecule has 0 aliphatic heterocycles. The molecule has 19 heavy (non-hydrogen) atoms. The van der Waals surface area contributed by atoms with Crippen LogP contribution in [0.1, 0.15) is 46.9 Å². The molecule has 2 unspecified atom stereocenters. The lowest BCUT2D eigenvalue weighted by molar-refractivity contribution is 0.0829. The molecule has 3 rings (SSSR count). The summed E-state index contributed by atoms with van der Waals surface area (Å²) < 4.78 is 0. The molecular formula is C16H16O3. The van der Waals surface area contributed by atoms with E-state index in [4.69, 9.17) is 0 Å². The molecule has 0 radical (unpaired) electrons. The Kier molecular flexibility index (Phi) is 2.86. The van der Waals surface area contributed by atoms with Gasteiger partial charge in [-0.3, -0.25) is 9.59 Å². The van der Waals surface area contributed by atoms with Gasteiger partial charge in [-0.25, -0.2) is 0 Å². The summed E-state index contributed by atoms with van der Waals surface area (Å²) in [6.45, 7) is 2.00. The molecule has 0 saturated heterocycles. The first-order chi connectivity index (χ1) is 9.15. The number of Topliss-reactive ketones (excluding diaryl/α,β-unsaturated/α-hetero) is 2. The van der Waals surface area contributed by atoms with Gasteiger partial charge in [0.1, 0.15) is 0 Å². The molecule has 0 bridgehead atoms. The Labute approximate surface area is 111 Å². The van der Waals surface area contributed by atoms with Crippen LogP contribution in [0.25, 0.3) is 0 Å². The molecule has 2 atom stereocenters. The number of fused-ring (bicyclic) bond motifs is 1. The summed E-state index contributed by atoms with van der Waals surface area (Å²) in [5, 5.41) is 10.3. The molecule has 0 amide bonds. The molecule has 0 saturated carbocycles. The number of rotatable bonds is 1. The van der Waals surface area contributed by atoms with Crippen molar-refractivity contribution in [2.24, 2.45) is 5.92 Å². The number of ketones is 2. The van der Waals surface area contributed by atoms with E-state index in [1.165, 1.54) is 0 Å². The molecular weight excluding hydrogens is 240 g/mol. The average molecular weight is 256 g/mol. The minimum absolute atomic E-state index is 0.0840. The largest absolute Gasteiger partial charge is 0.388 e. The van der Waals surface area contributed by atoms with E-state index in [1.54, 1.807) is 24.3 Å². The van der Waals surface area contributed by atoms with Crippen LogP contribution in [-0.4, -0.2) is 22.8 Å². The topological polar surface area (TPSA) is 54.4 Å². The van der Waals surface area contributed by atoms with Crippen molar-refractivity contribution in [1.29, 1.82) is 0 Å². The highest BCUT2D eigenvalue weighted by atomic mass is 16.3. The number of benzene rings is 1. The lowest BCUT2D eigenvalue weighted by atomic mass is 9.72. The van der Waals surface area contributed by atoms with Crippen LogP contribution in [0.3, 0.4) is 0 Å². The molecule has 98 valence electrons. The van der Waals surface area contributed by atoms with E-state index in [2.05, 4.69) is 0 Å². The van der Waals surface area contributed by atoms with Crippen LogP contribution in [0.2, 0.25) is 0 Å². The van der Waals surface area contributed by atoms with Gasteiger partial charge in [-0.2, -0.15) is 0 Å². The monoisotopic (exact) mass is 256 g/mol. The maximum Gasteiger partial charge on any atom is 0.192 e. The lowest BCUT2D eigenvalue weighted by Crippen LogP contribution is -2.36. The third-order valence-electron chi connectivity index (χ3n) is 4.29. The fraction of sp³-hybridized carbons (Fsp3) is 0.375. The van der Waals surface area contributed by atoms with Crippen molar-refractivity contribution in [3.05, 3.63) is 46.5 Å². The smallest absolute Gasteiger partial charge is 0.192 e. The van der Waals surface area contributed by atoms with Gasteiger partial charge in [0.05, 0.1) is 6.10 Å². The molecule has 0 fully saturated rings. The van der Waals surface area contributed by atoms with Crippen LogP contribution in [0.4, 0.5) is 0 Å². The molecule has 3 heteroatoms. The quantitative estimate of drug-likeness (QED) is 0.840. The summed E-state index contributed by atoms with van der Waals surface area (Å²) in [6.07, 6.45) is 1.40. The van der Waals surface area contributed by atoms with E-state index >= 15 is 0 Å². The Hall–Kier alpha value is -1.74. The first-order valence-corrected chi connectivity index (χ1v) is 6.74. The van der Waals surface area contributed by atoms with Crippen LogP contribution in [0.5, 0.6) is 0 Å². The Bertz CT molecular complexity index is 598. The average Bonchev–Trinajstić information content (AvgIpc) is 2.44. The summed E-state index contributed by atoms with van der Waals surface area (Å²) in [6, 6.07) is 6.88. The summed E-state index contributed by atoms with van der Waals surface area (Å²) in [5.74, 6) is -0.171. The fourth-order valence-corrected chi connectivity index (χ4v) is 3.16. The van der Waals surface area contributed by atoms with Crippen molar-refractivity contribution in [3.8, 4) is 0 Å². The second-order valence-corrected chi connectivity index (χ2v) is 5.25. The summed E-state index contributed by atoms with van der Waals surface area (Å²) >= 11 is 0. The molecule has 1 N–H and O–H groups in total. The number of allylic oxidation sites excluding steroid dienone is 1. The molecule has 1 aromatic rings. The van der Waals surface area contributed by atoms with Crippen molar-refractivity contribution in [1.82, 2.24) is 0 Å². The number of hydrogen-bond acceptors (Lipinski definition) is 3. The zero-order chi connectivity index (χ0) is 13.6. The van der Waals surface area contributed by atoms with Crippen molar-refractivity contribution in [2.75, 3.05) is 0 Å². The second kappa shape index (κ2) is 4.42. The minimum Gasteiger partial charge on any atom is -0.388 e. The third kappa shape index (κ3) is 1.69. The van der Waals surface area contributed by atoms with Gasteiger partial charge in [0.25, 0.3) is 0 Å². The second-order valence-electron chi connectivity index (χ2n) is 5.25. The highest BCUT2D eigenvalue weighted by molar-refractivity contribution is 6.27. The van der Waals surface area contributed by atoms with Gasteiger partial charge in [0, 0.05) is 22.3 Å². The zero-order valence-corrected chi connectivity index (χ0v) is 10.8. The number of hydrogen-bond donors (Lipinski definition) is 1. The van der Waals surface area contributed by atoms with Crippen molar-refractivity contribution in [3.63, 3.8) is 0 Å². The highest BCUT2D eigenvalue weighted by Crippen LogP contribution is 2.38. The molecule has 0 heterocycles. The van der Waals surface area contributed by atoms with Gasteiger partial charge in [-0.15, -0.1) is 0 Å². The van der Waals surface area contributed by atoms with Crippen LogP contribution in [0, 0.1) is 5.92 Å². The van der Waals surface area contributed by atoms with E-state index in [1.807, 2.05) is 6.92 Å². The Balaban J connectivity index is 2.15.